The molecule has 1 unspecified atom stereocenters. The van der Waals surface area contributed by atoms with Gasteiger partial charge in [0.2, 0.25) is 0 Å². The Kier molecular flexibility index (Phi) is 2.90. The van der Waals surface area contributed by atoms with E-state index in [0.29, 0.717) is 5.41 Å². The molecule has 2 nitrogen and oxygen atoms in total. The van der Waals surface area contributed by atoms with Crippen molar-refractivity contribution in [2.45, 2.75) is 45.1 Å². The second kappa shape index (κ2) is 3.55. The maximum Gasteiger partial charge on any atom is 0.0512 e. The second-order valence-electron chi connectivity index (χ2n) is 3.95. The van der Waals surface area contributed by atoms with Crippen LogP contribution in [-0.2, 0) is 0 Å². The van der Waals surface area contributed by atoms with Gasteiger partial charge in [0.25, 0.3) is 0 Å². The highest BCUT2D eigenvalue weighted by Gasteiger charge is 2.34. The molecule has 1 atom stereocenters. The average molecular weight is 157 g/mol. The van der Waals surface area contributed by atoms with Crippen LogP contribution in [0.15, 0.2) is 0 Å². The standard InChI is InChI=1S/C9H19NO/c1-8(11)3-6-9(7-10)4-2-5-9/h8,11H,2-7,10H2,1H3. The lowest BCUT2D eigenvalue weighted by Crippen LogP contribution is -2.37. The molecule has 66 valence electrons. The van der Waals surface area contributed by atoms with Gasteiger partial charge >= 0.3 is 0 Å². The van der Waals surface area contributed by atoms with Gasteiger partial charge in [0.15, 0.2) is 0 Å². The maximum absolute atomic E-state index is 9.09. The summed E-state index contributed by atoms with van der Waals surface area (Å²) in [5.41, 5.74) is 6.09. The summed E-state index contributed by atoms with van der Waals surface area (Å²) in [7, 11) is 0. The van der Waals surface area contributed by atoms with Crippen LogP contribution in [0, 0.1) is 5.41 Å². The SMILES string of the molecule is CC(O)CCC1(CN)CCC1. The first kappa shape index (κ1) is 9.01. The summed E-state index contributed by atoms with van der Waals surface area (Å²) in [5, 5.41) is 9.09. The fraction of sp³-hybridized carbons (Fsp3) is 1.00. The number of hydrogen-bond acceptors (Lipinski definition) is 2. The van der Waals surface area contributed by atoms with Crippen LogP contribution in [0.5, 0.6) is 0 Å². The van der Waals surface area contributed by atoms with E-state index in [9.17, 15) is 0 Å². The highest BCUT2D eigenvalue weighted by atomic mass is 16.3. The third-order valence-corrected chi connectivity index (χ3v) is 2.94. The molecule has 0 aromatic carbocycles. The minimum absolute atomic E-state index is 0.154. The Bertz CT molecular complexity index is 113. The van der Waals surface area contributed by atoms with E-state index in [1.165, 1.54) is 19.3 Å². The molecule has 1 saturated carbocycles. The minimum atomic E-state index is -0.154. The van der Waals surface area contributed by atoms with Crippen molar-refractivity contribution in [2.24, 2.45) is 11.1 Å². The van der Waals surface area contributed by atoms with Crippen molar-refractivity contribution in [3.63, 3.8) is 0 Å². The fourth-order valence-electron chi connectivity index (χ4n) is 1.75. The Morgan fingerprint density at radius 2 is 2.18 bits per heavy atom. The largest absolute Gasteiger partial charge is 0.393 e. The van der Waals surface area contributed by atoms with Crippen LogP contribution in [0.4, 0.5) is 0 Å². The smallest absolute Gasteiger partial charge is 0.0512 e. The van der Waals surface area contributed by atoms with E-state index in [2.05, 4.69) is 0 Å². The molecule has 1 fully saturated rings. The van der Waals surface area contributed by atoms with E-state index in [1.807, 2.05) is 6.92 Å². The number of nitrogens with two attached hydrogens (primary N) is 1. The molecule has 0 saturated heterocycles. The molecular weight excluding hydrogens is 138 g/mol. The lowest BCUT2D eigenvalue weighted by atomic mass is 9.66. The number of rotatable bonds is 4. The first-order valence-corrected chi connectivity index (χ1v) is 4.57. The van der Waals surface area contributed by atoms with Crippen LogP contribution >= 0.6 is 0 Å². The summed E-state index contributed by atoms with van der Waals surface area (Å²) in [6.07, 6.45) is 5.75. The quantitative estimate of drug-likeness (QED) is 0.645. The van der Waals surface area contributed by atoms with Crippen LogP contribution in [0.1, 0.15) is 39.0 Å². The molecule has 0 aromatic heterocycles. The molecule has 0 radical (unpaired) electrons. The predicted octanol–water partition coefficient (Wildman–Crippen LogP) is 1.28. The molecule has 1 aliphatic carbocycles. The molecule has 2 heteroatoms. The van der Waals surface area contributed by atoms with Crippen LogP contribution in [0.25, 0.3) is 0 Å². The Hall–Kier alpha value is -0.0800. The number of aliphatic hydroxyl groups is 1. The van der Waals surface area contributed by atoms with Crippen LogP contribution in [0.3, 0.4) is 0 Å². The van der Waals surface area contributed by atoms with Crippen LogP contribution in [-0.4, -0.2) is 17.8 Å². The molecule has 1 aliphatic rings. The van der Waals surface area contributed by atoms with E-state index in [-0.39, 0.29) is 6.10 Å². The number of hydrogen-bond donors (Lipinski definition) is 2. The molecule has 0 aromatic rings. The van der Waals surface area contributed by atoms with Gasteiger partial charge in [-0.15, -0.1) is 0 Å². The van der Waals surface area contributed by atoms with Gasteiger partial charge in [-0.05, 0) is 44.6 Å². The first-order chi connectivity index (χ1) is 5.18. The van der Waals surface area contributed by atoms with Crippen LogP contribution < -0.4 is 5.73 Å². The molecule has 3 N–H and O–H groups in total. The lowest BCUT2D eigenvalue weighted by Gasteiger charge is -2.41. The van der Waals surface area contributed by atoms with E-state index >= 15 is 0 Å². The molecule has 11 heavy (non-hydrogen) atoms. The molecule has 0 bridgehead atoms. The van der Waals surface area contributed by atoms with Gasteiger partial charge in [-0.25, -0.2) is 0 Å². The molecule has 0 amide bonds. The second-order valence-corrected chi connectivity index (χ2v) is 3.95. The zero-order chi connectivity index (χ0) is 8.32. The molecule has 1 rings (SSSR count). The fourth-order valence-corrected chi connectivity index (χ4v) is 1.75. The summed E-state index contributed by atoms with van der Waals surface area (Å²) in [4.78, 5) is 0. The molecular formula is C9H19NO. The van der Waals surface area contributed by atoms with Gasteiger partial charge in [0, 0.05) is 0 Å². The van der Waals surface area contributed by atoms with Crippen LogP contribution in [0.2, 0.25) is 0 Å². The monoisotopic (exact) mass is 157 g/mol. The Balaban J connectivity index is 2.22. The predicted molar refractivity (Wildman–Crippen MR) is 46.3 cm³/mol. The zero-order valence-electron chi connectivity index (χ0n) is 7.34. The Morgan fingerprint density at radius 3 is 2.45 bits per heavy atom. The maximum atomic E-state index is 9.09. The van der Waals surface area contributed by atoms with E-state index < -0.39 is 0 Å². The Labute approximate surface area is 68.8 Å². The van der Waals surface area contributed by atoms with Gasteiger partial charge in [-0.2, -0.15) is 0 Å². The summed E-state index contributed by atoms with van der Waals surface area (Å²) in [6.45, 7) is 2.66. The highest BCUT2D eigenvalue weighted by molar-refractivity contribution is 4.88. The van der Waals surface area contributed by atoms with Gasteiger partial charge in [0.05, 0.1) is 6.10 Å². The van der Waals surface area contributed by atoms with Crippen molar-refractivity contribution in [1.82, 2.24) is 0 Å². The van der Waals surface area contributed by atoms with Crippen molar-refractivity contribution in [3.8, 4) is 0 Å². The molecule has 0 spiro atoms. The third-order valence-electron chi connectivity index (χ3n) is 2.94. The van der Waals surface area contributed by atoms with Gasteiger partial charge < -0.3 is 10.8 Å². The van der Waals surface area contributed by atoms with Crippen molar-refractivity contribution >= 4 is 0 Å². The summed E-state index contributed by atoms with van der Waals surface area (Å²) >= 11 is 0. The minimum Gasteiger partial charge on any atom is -0.393 e. The third kappa shape index (κ3) is 2.17. The lowest BCUT2D eigenvalue weighted by molar-refractivity contribution is 0.0932. The van der Waals surface area contributed by atoms with Gasteiger partial charge in [-0.3, -0.25) is 0 Å². The highest BCUT2D eigenvalue weighted by Crippen LogP contribution is 2.43. The van der Waals surface area contributed by atoms with Crippen molar-refractivity contribution in [1.29, 1.82) is 0 Å². The van der Waals surface area contributed by atoms with E-state index in [4.69, 9.17) is 10.8 Å². The summed E-state index contributed by atoms with van der Waals surface area (Å²) in [6, 6.07) is 0. The van der Waals surface area contributed by atoms with Crippen molar-refractivity contribution < 1.29 is 5.11 Å². The van der Waals surface area contributed by atoms with Crippen molar-refractivity contribution in [2.75, 3.05) is 6.54 Å². The Morgan fingerprint density at radius 1 is 1.55 bits per heavy atom. The van der Waals surface area contributed by atoms with E-state index in [1.54, 1.807) is 0 Å². The summed E-state index contributed by atoms with van der Waals surface area (Å²) < 4.78 is 0. The normalized spacial score (nSPS) is 24.3. The first-order valence-electron chi connectivity index (χ1n) is 4.57. The van der Waals surface area contributed by atoms with Gasteiger partial charge in [-0.1, -0.05) is 6.42 Å². The van der Waals surface area contributed by atoms with Gasteiger partial charge in [0.1, 0.15) is 0 Å². The average Bonchev–Trinajstić information content (AvgIpc) is 1.86. The van der Waals surface area contributed by atoms with Crippen molar-refractivity contribution in [3.05, 3.63) is 0 Å². The summed E-state index contributed by atoms with van der Waals surface area (Å²) in [5.74, 6) is 0. The molecule has 0 heterocycles. The number of aliphatic hydroxyl groups excluding tert-OH is 1. The van der Waals surface area contributed by atoms with E-state index in [0.717, 1.165) is 19.4 Å². The zero-order valence-corrected chi connectivity index (χ0v) is 7.34. The topological polar surface area (TPSA) is 46.2 Å². The molecule has 0 aliphatic heterocycles.